The maximum atomic E-state index is 4.97. The van der Waals surface area contributed by atoms with E-state index in [-0.39, 0.29) is 4.75 Å². The van der Waals surface area contributed by atoms with Gasteiger partial charge in [-0.15, -0.1) is 11.8 Å². The minimum Gasteiger partial charge on any atom is -0.357 e. The van der Waals surface area contributed by atoms with Crippen LogP contribution in [0.4, 0.5) is 0 Å². The van der Waals surface area contributed by atoms with E-state index in [1.165, 1.54) is 17.7 Å². The summed E-state index contributed by atoms with van der Waals surface area (Å²) in [7, 11) is 0. The van der Waals surface area contributed by atoms with Crippen LogP contribution in [0.2, 0.25) is 0 Å². The number of guanidine groups is 1. The first-order valence-electron chi connectivity index (χ1n) is 8.24. The molecule has 0 aliphatic heterocycles. The van der Waals surface area contributed by atoms with Crippen molar-refractivity contribution in [2.45, 2.75) is 42.9 Å². The van der Waals surface area contributed by atoms with Crippen molar-refractivity contribution in [3.8, 4) is 0 Å². The molecule has 7 heteroatoms. The van der Waals surface area contributed by atoms with Crippen LogP contribution in [0.3, 0.4) is 0 Å². The smallest absolute Gasteiger partial charge is 0.223 e. The zero-order chi connectivity index (χ0) is 16.8. The first-order chi connectivity index (χ1) is 11.7. The Hall–Kier alpha value is -2.02. The minimum atomic E-state index is 0.278. The topological polar surface area (TPSA) is 75.3 Å². The monoisotopic (exact) mass is 345 g/mol. The predicted octanol–water partition coefficient (Wildman–Crippen LogP) is 2.76. The van der Waals surface area contributed by atoms with E-state index in [1.54, 1.807) is 6.92 Å². The van der Waals surface area contributed by atoms with Gasteiger partial charge in [-0.25, -0.2) is 4.99 Å². The number of thioether (sulfide) groups is 1. The van der Waals surface area contributed by atoms with Gasteiger partial charge in [0.2, 0.25) is 5.89 Å². The molecule has 1 heterocycles. The van der Waals surface area contributed by atoms with Crippen LogP contribution in [0.5, 0.6) is 0 Å². The lowest BCUT2D eigenvalue weighted by molar-refractivity contribution is 0.387. The van der Waals surface area contributed by atoms with E-state index in [4.69, 9.17) is 4.52 Å². The number of aryl methyl sites for hydroxylation is 1. The molecule has 1 aliphatic rings. The number of hydrogen-bond acceptors (Lipinski definition) is 5. The highest BCUT2D eigenvalue weighted by Gasteiger charge is 2.43. The van der Waals surface area contributed by atoms with Gasteiger partial charge in [-0.05, 0) is 31.9 Å². The van der Waals surface area contributed by atoms with Crippen LogP contribution in [0.15, 0.2) is 44.7 Å². The molecule has 0 unspecified atom stereocenters. The van der Waals surface area contributed by atoms with Crippen LogP contribution in [0.25, 0.3) is 0 Å². The fourth-order valence-electron chi connectivity index (χ4n) is 2.33. The summed E-state index contributed by atoms with van der Waals surface area (Å²) in [5.74, 6) is 1.96. The molecule has 1 aromatic heterocycles. The highest BCUT2D eigenvalue weighted by molar-refractivity contribution is 8.01. The van der Waals surface area contributed by atoms with Crippen molar-refractivity contribution in [3.05, 3.63) is 42.0 Å². The number of rotatable bonds is 7. The summed E-state index contributed by atoms with van der Waals surface area (Å²) in [5, 5.41) is 10.6. The Morgan fingerprint density at radius 1 is 1.29 bits per heavy atom. The van der Waals surface area contributed by atoms with E-state index in [2.05, 4.69) is 63.0 Å². The van der Waals surface area contributed by atoms with E-state index in [0.717, 1.165) is 19.0 Å². The summed E-state index contributed by atoms with van der Waals surface area (Å²) in [5.41, 5.74) is 0. The molecule has 2 aromatic rings. The number of nitrogens with one attached hydrogen (secondary N) is 2. The van der Waals surface area contributed by atoms with Gasteiger partial charge >= 0.3 is 0 Å². The molecule has 1 aromatic carbocycles. The molecule has 1 aliphatic carbocycles. The Morgan fingerprint density at radius 3 is 2.71 bits per heavy atom. The van der Waals surface area contributed by atoms with E-state index < -0.39 is 0 Å². The summed E-state index contributed by atoms with van der Waals surface area (Å²) in [6, 6.07) is 10.6. The number of nitrogens with zero attached hydrogens (tertiary/aromatic N) is 3. The molecule has 6 nitrogen and oxygen atoms in total. The molecule has 1 fully saturated rings. The van der Waals surface area contributed by atoms with Gasteiger partial charge in [0.25, 0.3) is 0 Å². The number of benzene rings is 1. The predicted molar refractivity (Wildman–Crippen MR) is 96.1 cm³/mol. The molecule has 0 bridgehead atoms. The zero-order valence-electron chi connectivity index (χ0n) is 14.1. The average Bonchev–Trinajstić information content (AvgIpc) is 3.22. The normalized spacial score (nSPS) is 16.0. The molecule has 1 saturated carbocycles. The maximum Gasteiger partial charge on any atom is 0.223 e. The van der Waals surface area contributed by atoms with Crippen molar-refractivity contribution < 1.29 is 4.52 Å². The van der Waals surface area contributed by atoms with Crippen molar-refractivity contribution in [1.29, 1.82) is 0 Å². The van der Waals surface area contributed by atoms with Crippen LogP contribution in [0.1, 0.15) is 31.5 Å². The molecule has 24 heavy (non-hydrogen) atoms. The van der Waals surface area contributed by atoms with Gasteiger partial charge in [0.1, 0.15) is 6.54 Å². The second-order valence-corrected chi connectivity index (χ2v) is 7.42. The Bertz CT molecular complexity index is 681. The largest absolute Gasteiger partial charge is 0.357 e. The van der Waals surface area contributed by atoms with Gasteiger partial charge in [0.15, 0.2) is 11.8 Å². The van der Waals surface area contributed by atoms with Crippen LogP contribution >= 0.6 is 11.8 Å². The minimum absolute atomic E-state index is 0.278. The van der Waals surface area contributed by atoms with Crippen LogP contribution < -0.4 is 10.6 Å². The average molecular weight is 345 g/mol. The molecule has 0 radical (unpaired) electrons. The summed E-state index contributed by atoms with van der Waals surface area (Å²) in [6.45, 7) is 5.95. The van der Waals surface area contributed by atoms with Crippen LogP contribution in [0, 0.1) is 6.92 Å². The summed E-state index contributed by atoms with van der Waals surface area (Å²) in [4.78, 5) is 10.0. The number of aliphatic imine (C=N–C) groups is 1. The van der Waals surface area contributed by atoms with E-state index in [1.807, 2.05) is 11.8 Å². The molecule has 128 valence electrons. The molecule has 3 rings (SSSR count). The Kier molecular flexibility index (Phi) is 5.40. The van der Waals surface area contributed by atoms with E-state index in [0.29, 0.717) is 18.3 Å². The highest BCUT2D eigenvalue weighted by Crippen LogP contribution is 2.51. The third-order valence-electron chi connectivity index (χ3n) is 3.76. The van der Waals surface area contributed by atoms with E-state index >= 15 is 0 Å². The van der Waals surface area contributed by atoms with Crippen LogP contribution in [-0.4, -0.2) is 33.9 Å². The third-order valence-corrected chi connectivity index (χ3v) is 5.25. The first kappa shape index (κ1) is 16.8. The van der Waals surface area contributed by atoms with Gasteiger partial charge in [0, 0.05) is 29.7 Å². The Labute approximate surface area is 146 Å². The Balaban J connectivity index is 1.55. The maximum absolute atomic E-state index is 4.97. The molecule has 0 amide bonds. The molecule has 0 spiro atoms. The standard InChI is InChI=1S/C17H23N5OS/c1-3-18-16(19-11-15-21-13(2)23-22-15)20-12-17(9-10-17)24-14-7-5-4-6-8-14/h4-8H,3,9-12H2,1-2H3,(H2,18,19,20). The van der Waals surface area contributed by atoms with Gasteiger partial charge < -0.3 is 15.2 Å². The molecule has 0 saturated heterocycles. The second-order valence-electron chi connectivity index (χ2n) is 5.88. The van der Waals surface area contributed by atoms with Gasteiger partial charge in [-0.2, -0.15) is 4.98 Å². The summed E-state index contributed by atoms with van der Waals surface area (Å²) in [6.07, 6.45) is 2.45. The quantitative estimate of drug-likeness (QED) is 0.594. The highest BCUT2D eigenvalue weighted by atomic mass is 32.2. The van der Waals surface area contributed by atoms with Crippen molar-refractivity contribution in [2.75, 3.05) is 13.1 Å². The fourth-order valence-corrected chi connectivity index (χ4v) is 3.58. The lowest BCUT2D eigenvalue weighted by Gasteiger charge is -2.18. The van der Waals surface area contributed by atoms with Crippen molar-refractivity contribution >= 4 is 17.7 Å². The Morgan fingerprint density at radius 2 is 2.08 bits per heavy atom. The van der Waals surface area contributed by atoms with Crippen LogP contribution in [-0.2, 0) is 6.54 Å². The lowest BCUT2D eigenvalue weighted by atomic mass is 10.4. The number of aromatic nitrogens is 2. The van der Waals surface area contributed by atoms with Gasteiger partial charge in [-0.1, -0.05) is 23.4 Å². The SMILES string of the molecule is CCNC(=NCc1noc(C)n1)NCC1(Sc2ccccc2)CC1. The van der Waals surface area contributed by atoms with E-state index in [9.17, 15) is 0 Å². The molecule has 2 N–H and O–H groups in total. The molecule has 0 atom stereocenters. The number of hydrogen-bond donors (Lipinski definition) is 2. The van der Waals surface area contributed by atoms with Gasteiger partial charge in [0.05, 0.1) is 0 Å². The van der Waals surface area contributed by atoms with Crippen molar-refractivity contribution in [3.63, 3.8) is 0 Å². The fraction of sp³-hybridized carbons (Fsp3) is 0.471. The summed E-state index contributed by atoms with van der Waals surface area (Å²) < 4.78 is 5.25. The third kappa shape index (κ3) is 4.74. The van der Waals surface area contributed by atoms with Gasteiger partial charge in [-0.3, -0.25) is 0 Å². The second kappa shape index (κ2) is 7.70. The zero-order valence-corrected chi connectivity index (χ0v) is 14.9. The lowest BCUT2D eigenvalue weighted by Crippen LogP contribution is -2.41. The van der Waals surface area contributed by atoms with Crippen molar-refractivity contribution in [2.24, 2.45) is 4.99 Å². The molecular weight excluding hydrogens is 322 g/mol. The molecular formula is C17H23N5OS. The first-order valence-corrected chi connectivity index (χ1v) is 9.06. The van der Waals surface area contributed by atoms with Crippen molar-refractivity contribution in [1.82, 2.24) is 20.8 Å². The summed E-state index contributed by atoms with van der Waals surface area (Å²) >= 11 is 1.95.